The molecule has 3 aromatic heterocycles. The van der Waals surface area contributed by atoms with Gasteiger partial charge in [0.1, 0.15) is 30.4 Å². The maximum atomic E-state index is 13.1. The molecule has 0 aliphatic carbocycles. The van der Waals surface area contributed by atoms with Crippen molar-refractivity contribution in [1.29, 1.82) is 0 Å². The number of hydrogen-bond acceptors (Lipinski definition) is 7. The first kappa shape index (κ1) is 23.8. The van der Waals surface area contributed by atoms with E-state index >= 15 is 0 Å². The van der Waals surface area contributed by atoms with Crippen LogP contribution in [0.4, 0.5) is 19.0 Å². The fourth-order valence-electron chi connectivity index (χ4n) is 3.90. The second-order valence-electron chi connectivity index (χ2n) is 7.85. The number of nitrogens with two attached hydrogens (primary N) is 1. The number of amides is 3. The van der Waals surface area contributed by atoms with Gasteiger partial charge in [-0.3, -0.25) is 24.0 Å². The third-order valence-corrected chi connectivity index (χ3v) is 5.51. The number of aromatic nitrogens is 4. The Bertz CT molecular complexity index is 1320. The molecule has 1 aliphatic rings. The number of likely N-dealkylation sites (tertiary alicyclic amines) is 1. The first-order chi connectivity index (χ1) is 16.6. The Kier molecular flexibility index (Phi) is 6.20. The fraction of sp³-hybridized carbons (Fsp3) is 0.286. The van der Waals surface area contributed by atoms with Gasteiger partial charge in [0.25, 0.3) is 5.91 Å². The fourth-order valence-corrected chi connectivity index (χ4v) is 3.90. The number of anilines is 1. The number of nitrogens with zero attached hydrogens (tertiary/aromatic N) is 5. The van der Waals surface area contributed by atoms with Gasteiger partial charge in [-0.2, -0.15) is 18.3 Å². The van der Waals surface area contributed by atoms with Gasteiger partial charge in [-0.1, -0.05) is 6.07 Å². The number of aldehydes is 1. The van der Waals surface area contributed by atoms with Crippen LogP contribution >= 0.6 is 0 Å². The third-order valence-electron chi connectivity index (χ3n) is 5.51. The lowest BCUT2D eigenvalue weighted by Gasteiger charge is -2.24. The van der Waals surface area contributed by atoms with Gasteiger partial charge in [0.2, 0.25) is 11.8 Å². The summed E-state index contributed by atoms with van der Waals surface area (Å²) in [6.45, 7) is -0.469. The molecule has 3 N–H and O–H groups in total. The minimum absolute atomic E-state index is 0.0199. The molecule has 0 saturated carbocycles. The molecule has 3 aromatic rings. The van der Waals surface area contributed by atoms with E-state index < -0.39 is 48.1 Å². The Balaban J connectivity index is 1.56. The Morgan fingerprint density at radius 2 is 2.00 bits per heavy atom. The lowest BCUT2D eigenvalue weighted by Crippen LogP contribution is -2.44. The Hall–Kier alpha value is -4.36. The number of primary amides is 1. The van der Waals surface area contributed by atoms with E-state index in [-0.39, 0.29) is 24.5 Å². The molecule has 2 atom stereocenters. The molecule has 1 saturated heterocycles. The summed E-state index contributed by atoms with van der Waals surface area (Å²) < 4.78 is 40.0. The van der Waals surface area contributed by atoms with Gasteiger partial charge in [-0.25, -0.2) is 4.98 Å². The van der Waals surface area contributed by atoms with E-state index in [9.17, 15) is 32.3 Å². The number of fused-ring (bicyclic) bond motifs is 1. The van der Waals surface area contributed by atoms with E-state index in [0.717, 1.165) is 17.0 Å². The number of rotatable bonds is 6. The summed E-state index contributed by atoms with van der Waals surface area (Å²) in [6.07, 6.45) is -1.30. The van der Waals surface area contributed by atoms with Gasteiger partial charge < -0.3 is 20.7 Å². The molecule has 35 heavy (non-hydrogen) atoms. The number of alkyl halides is 3. The van der Waals surface area contributed by atoms with Crippen molar-refractivity contribution in [2.75, 3.05) is 11.9 Å². The zero-order chi connectivity index (χ0) is 25.3. The summed E-state index contributed by atoms with van der Waals surface area (Å²) in [7, 11) is 0. The lowest BCUT2D eigenvalue weighted by molar-refractivity contribution is -0.141. The highest BCUT2D eigenvalue weighted by Crippen LogP contribution is 2.29. The third kappa shape index (κ3) is 4.81. The summed E-state index contributed by atoms with van der Waals surface area (Å²) in [4.78, 5) is 57.6. The number of halogens is 3. The molecule has 0 aromatic carbocycles. The van der Waals surface area contributed by atoms with Crippen molar-refractivity contribution in [1.82, 2.24) is 24.6 Å². The molecule has 11 nitrogen and oxygen atoms in total. The molecule has 3 amide bonds. The zero-order valence-corrected chi connectivity index (χ0v) is 17.9. The van der Waals surface area contributed by atoms with Gasteiger partial charge in [0.05, 0.1) is 11.7 Å². The summed E-state index contributed by atoms with van der Waals surface area (Å²) in [6, 6.07) is 3.40. The second kappa shape index (κ2) is 9.12. The molecule has 0 bridgehead atoms. The molecule has 0 spiro atoms. The van der Waals surface area contributed by atoms with E-state index in [0.29, 0.717) is 17.2 Å². The van der Waals surface area contributed by atoms with Crippen LogP contribution in [0.3, 0.4) is 0 Å². The molecular weight excluding hydrogens is 471 g/mol. The monoisotopic (exact) mass is 489 g/mol. The van der Waals surface area contributed by atoms with E-state index in [4.69, 9.17) is 5.73 Å². The number of pyridine rings is 2. The molecule has 182 valence electrons. The average molecular weight is 489 g/mol. The van der Waals surface area contributed by atoms with Crippen molar-refractivity contribution in [3.05, 3.63) is 48.0 Å². The van der Waals surface area contributed by atoms with Crippen LogP contribution < -0.4 is 11.1 Å². The summed E-state index contributed by atoms with van der Waals surface area (Å²) >= 11 is 0. The van der Waals surface area contributed by atoms with Crippen molar-refractivity contribution in [3.8, 4) is 0 Å². The van der Waals surface area contributed by atoms with Crippen LogP contribution in [-0.4, -0.2) is 61.2 Å². The van der Waals surface area contributed by atoms with Crippen molar-refractivity contribution < 1.29 is 32.3 Å². The highest BCUT2D eigenvalue weighted by Gasteiger charge is 2.40. The molecule has 1 aliphatic heterocycles. The quantitative estimate of drug-likeness (QED) is 0.490. The number of carbonyl (C=O) groups excluding carboxylic acids is 4. The maximum absolute atomic E-state index is 13.1. The van der Waals surface area contributed by atoms with Gasteiger partial charge in [0, 0.05) is 24.0 Å². The number of hydrogen-bond donors (Lipinski definition) is 2. The normalized spacial score (nSPS) is 18.0. The van der Waals surface area contributed by atoms with Crippen LogP contribution in [0.5, 0.6) is 0 Å². The largest absolute Gasteiger partial charge is 0.433 e. The van der Waals surface area contributed by atoms with Crippen LogP contribution in [0.2, 0.25) is 0 Å². The van der Waals surface area contributed by atoms with Crippen LogP contribution in [0.25, 0.3) is 10.9 Å². The Morgan fingerprint density at radius 3 is 2.69 bits per heavy atom. The van der Waals surface area contributed by atoms with Crippen LogP contribution in [0, 0.1) is 5.92 Å². The van der Waals surface area contributed by atoms with E-state index in [1.54, 1.807) is 0 Å². The predicted molar refractivity (Wildman–Crippen MR) is 114 cm³/mol. The van der Waals surface area contributed by atoms with E-state index in [1.807, 2.05) is 0 Å². The predicted octanol–water partition coefficient (Wildman–Crippen LogP) is 0.999. The zero-order valence-electron chi connectivity index (χ0n) is 17.9. The molecule has 4 heterocycles. The van der Waals surface area contributed by atoms with Gasteiger partial charge in [-0.15, -0.1) is 0 Å². The smallest absolute Gasteiger partial charge is 0.364 e. The first-order valence-corrected chi connectivity index (χ1v) is 10.3. The van der Waals surface area contributed by atoms with Gasteiger partial charge >= 0.3 is 6.18 Å². The second-order valence-corrected chi connectivity index (χ2v) is 7.85. The van der Waals surface area contributed by atoms with Gasteiger partial charge in [0.15, 0.2) is 5.69 Å². The highest BCUT2D eigenvalue weighted by molar-refractivity contribution is 6.04. The maximum Gasteiger partial charge on any atom is 0.433 e. The van der Waals surface area contributed by atoms with E-state index in [2.05, 4.69) is 20.4 Å². The van der Waals surface area contributed by atoms with Crippen molar-refractivity contribution in [2.24, 2.45) is 11.7 Å². The number of carbonyl (C=O) groups is 4. The number of nitrogens with one attached hydrogen (secondary N) is 1. The molecular formula is C21H18F3N7O4. The summed E-state index contributed by atoms with van der Waals surface area (Å²) in [5, 5.41) is 6.75. The minimum Gasteiger partial charge on any atom is -0.364 e. The molecule has 2 unspecified atom stereocenters. The average Bonchev–Trinajstić information content (AvgIpc) is 3.41. The Morgan fingerprint density at radius 1 is 1.23 bits per heavy atom. The summed E-state index contributed by atoms with van der Waals surface area (Å²) in [5.41, 5.74) is 4.46. The summed E-state index contributed by atoms with van der Waals surface area (Å²) in [5.74, 6) is -3.20. The highest BCUT2D eigenvalue weighted by atomic mass is 19.4. The molecule has 0 radical (unpaired) electrons. The van der Waals surface area contributed by atoms with Crippen LogP contribution in [-0.2, 0) is 27.1 Å². The van der Waals surface area contributed by atoms with Crippen LogP contribution in [0.1, 0.15) is 22.6 Å². The molecule has 4 rings (SSSR count). The first-order valence-electron chi connectivity index (χ1n) is 10.3. The topological polar surface area (TPSA) is 153 Å². The lowest BCUT2D eigenvalue weighted by atomic mass is 10.1. The van der Waals surface area contributed by atoms with Gasteiger partial charge in [-0.05, 0) is 24.6 Å². The minimum atomic E-state index is -4.70. The van der Waals surface area contributed by atoms with Crippen molar-refractivity contribution >= 4 is 40.7 Å². The van der Waals surface area contributed by atoms with Crippen LogP contribution in [0.15, 0.2) is 36.7 Å². The van der Waals surface area contributed by atoms with Crippen molar-refractivity contribution in [3.63, 3.8) is 0 Å². The van der Waals surface area contributed by atoms with Crippen molar-refractivity contribution in [2.45, 2.75) is 25.2 Å². The van der Waals surface area contributed by atoms with E-state index in [1.165, 1.54) is 29.2 Å². The molecule has 14 heteroatoms. The SMILES string of the molecule is NC(=O)c1nn(CC(=O)N2CC(C=O)CC2C(=O)Nc2cccc(C(F)(F)F)n2)c2cnccc12. The Labute approximate surface area is 195 Å². The molecule has 1 fully saturated rings. The standard InChI is InChI=1S/C21H18F3N7O4/c22-21(23,24)15-2-1-3-16(27-15)28-20(35)13-6-11(10-32)8-30(13)17(33)9-31-14-7-26-5-4-12(14)18(29-31)19(25)34/h1-5,7,10-11,13H,6,8-9H2,(H2,25,34)(H,27,28,35).